The van der Waals surface area contributed by atoms with Gasteiger partial charge in [-0.05, 0) is 36.3 Å². The molecule has 1 aliphatic heterocycles. The van der Waals surface area contributed by atoms with Crippen LogP contribution in [-0.2, 0) is 5.67 Å². The van der Waals surface area contributed by atoms with Crippen LogP contribution in [0.25, 0.3) is 0 Å². The lowest BCUT2D eigenvalue weighted by Crippen LogP contribution is -2.26. The van der Waals surface area contributed by atoms with Crippen molar-refractivity contribution in [3.05, 3.63) is 34.3 Å². The van der Waals surface area contributed by atoms with Gasteiger partial charge in [0.25, 0.3) is 0 Å². The van der Waals surface area contributed by atoms with Crippen LogP contribution < -0.4 is 0 Å². The molecule has 1 fully saturated rings. The van der Waals surface area contributed by atoms with Crippen molar-refractivity contribution in [2.45, 2.75) is 18.5 Å². The molecule has 76 valence electrons. The van der Waals surface area contributed by atoms with Gasteiger partial charge in [-0.25, -0.2) is 4.39 Å². The van der Waals surface area contributed by atoms with E-state index in [1.807, 2.05) is 24.3 Å². The molecule has 0 nitrogen and oxygen atoms in total. The fourth-order valence-corrected chi connectivity index (χ4v) is 3.13. The lowest BCUT2D eigenvalue weighted by atomic mass is 9.93. The molecule has 2 rings (SSSR count). The second-order valence-corrected chi connectivity index (χ2v) is 5.65. The molecular weight excluding hydrogens is 263 g/mol. The third-order valence-electron chi connectivity index (χ3n) is 2.55. The predicted molar refractivity (Wildman–Crippen MR) is 63.5 cm³/mol. The summed E-state index contributed by atoms with van der Waals surface area (Å²) in [6, 6.07) is 7.60. The van der Waals surface area contributed by atoms with Gasteiger partial charge < -0.3 is 0 Å². The van der Waals surface area contributed by atoms with E-state index in [-0.39, 0.29) is 0 Å². The summed E-state index contributed by atoms with van der Waals surface area (Å²) in [5, 5.41) is 0. The van der Waals surface area contributed by atoms with Crippen LogP contribution in [0, 0.1) is 0 Å². The molecule has 0 amide bonds. The molecule has 0 radical (unpaired) electrons. The Bertz CT molecular complexity index is 304. The molecule has 0 N–H and O–H groups in total. The van der Waals surface area contributed by atoms with Gasteiger partial charge in [0.05, 0.1) is 0 Å². The van der Waals surface area contributed by atoms with Crippen molar-refractivity contribution in [1.29, 1.82) is 0 Å². The van der Waals surface area contributed by atoms with Gasteiger partial charge in [-0.1, -0.05) is 28.1 Å². The topological polar surface area (TPSA) is 0 Å². The smallest absolute Gasteiger partial charge is 0.145 e. The minimum absolute atomic E-state index is 0.606. The Labute approximate surface area is 96.4 Å². The number of rotatable bonds is 1. The van der Waals surface area contributed by atoms with E-state index in [0.29, 0.717) is 12.2 Å². The molecule has 0 saturated carbocycles. The van der Waals surface area contributed by atoms with Crippen LogP contribution >= 0.6 is 27.7 Å². The quantitative estimate of drug-likeness (QED) is 0.742. The second-order valence-electron chi connectivity index (χ2n) is 3.63. The van der Waals surface area contributed by atoms with Gasteiger partial charge in [-0.15, -0.1) is 0 Å². The van der Waals surface area contributed by atoms with Gasteiger partial charge in [0.15, 0.2) is 0 Å². The molecule has 1 atom stereocenters. The molecule has 3 heteroatoms. The van der Waals surface area contributed by atoms with E-state index in [1.165, 1.54) is 0 Å². The minimum Gasteiger partial charge on any atom is -0.238 e. The standard InChI is InChI=1S/C11H12BrFS/c12-10-4-2-9(3-5-10)11(13)6-1-7-14-8-11/h2-5H,1,6-8H2. The predicted octanol–water partition coefficient (Wildman–Crippen LogP) is 4.14. The summed E-state index contributed by atoms with van der Waals surface area (Å²) < 4.78 is 15.4. The third kappa shape index (κ3) is 2.14. The van der Waals surface area contributed by atoms with E-state index >= 15 is 0 Å². The molecule has 1 aromatic carbocycles. The third-order valence-corrected chi connectivity index (χ3v) is 4.32. The summed E-state index contributed by atoms with van der Waals surface area (Å²) in [4.78, 5) is 0. The lowest BCUT2D eigenvalue weighted by Gasteiger charge is -2.29. The first kappa shape index (κ1) is 10.5. The minimum atomic E-state index is -1.09. The zero-order valence-electron chi connectivity index (χ0n) is 7.80. The van der Waals surface area contributed by atoms with Crippen LogP contribution in [0.4, 0.5) is 4.39 Å². The van der Waals surface area contributed by atoms with Gasteiger partial charge in [0.2, 0.25) is 0 Å². The average molecular weight is 275 g/mol. The van der Waals surface area contributed by atoms with E-state index in [9.17, 15) is 4.39 Å². The molecule has 0 aromatic heterocycles. The van der Waals surface area contributed by atoms with Gasteiger partial charge in [0.1, 0.15) is 5.67 Å². The summed E-state index contributed by atoms with van der Waals surface area (Å²) in [6.45, 7) is 0. The van der Waals surface area contributed by atoms with E-state index in [1.54, 1.807) is 11.8 Å². The molecule has 0 spiro atoms. The number of benzene rings is 1. The highest BCUT2D eigenvalue weighted by atomic mass is 79.9. The maximum absolute atomic E-state index is 14.4. The lowest BCUT2D eigenvalue weighted by molar-refractivity contribution is 0.178. The van der Waals surface area contributed by atoms with Gasteiger partial charge >= 0.3 is 0 Å². The van der Waals surface area contributed by atoms with Crippen LogP contribution in [0.15, 0.2) is 28.7 Å². The summed E-state index contributed by atoms with van der Waals surface area (Å²) >= 11 is 5.07. The second kappa shape index (κ2) is 4.23. The molecule has 0 bridgehead atoms. The van der Waals surface area contributed by atoms with Gasteiger partial charge in [0, 0.05) is 10.2 Å². The molecule has 1 heterocycles. The number of alkyl halides is 1. The van der Waals surface area contributed by atoms with Crippen molar-refractivity contribution in [3.8, 4) is 0 Å². The molecule has 0 aliphatic carbocycles. The number of halogens is 2. The van der Waals surface area contributed by atoms with Gasteiger partial charge in [-0.2, -0.15) is 11.8 Å². The largest absolute Gasteiger partial charge is 0.238 e. The van der Waals surface area contributed by atoms with Crippen molar-refractivity contribution in [3.63, 3.8) is 0 Å². The van der Waals surface area contributed by atoms with E-state index in [4.69, 9.17) is 0 Å². The normalized spacial score (nSPS) is 27.6. The Morgan fingerprint density at radius 3 is 2.57 bits per heavy atom. The van der Waals surface area contributed by atoms with Crippen molar-refractivity contribution >= 4 is 27.7 Å². The van der Waals surface area contributed by atoms with Crippen molar-refractivity contribution in [1.82, 2.24) is 0 Å². The Hall–Kier alpha value is -0.0200. The summed E-state index contributed by atoms with van der Waals surface area (Å²) in [6.07, 6.45) is 1.65. The van der Waals surface area contributed by atoms with Crippen molar-refractivity contribution in [2.75, 3.05) is 11.5 Å². The zero-order chi connectivity index (χ0) is 10.0. The molecular formula is C11H12BrFS. The summed E-state index contributed by atoms with van der Waals surface area (Å²) in [7, 11) is 0. The Morgan fingerprint density at radius 2 is 2.00 bits per heavy atom. The molecule has 1 aliphatic rings. The summed E-state index contributed by atoms with van der Waals surface area (Å²) in [5.74, 6) is 1.71. The van der Waals surface area contributed by atoms with Crippen LogP contribution in [0.3, 0.4) is 0 Å². The first-order valence-electron chi connectivity index (χ1n) is 4.73. The van der Waals surface area contributed by atoms with Crippen molar-refractivity contribution < 1.29 is 4.39 Å². The Kier molecular flexibility index (Phi) is 3.17. The van der Waals surface area contributed by atoms with E-state index in [2.05, 4.69) is 15.9 Å². The average Bonchev–Trinajstić information content (AvgIpc) is 2.19. The first-order valence-corrected chi connectivity index (χ1v) is 6.68. The maximum Gasteiger partial charge on any atom is 0.145 e. The molecule has 1 unspecified atom stereocenters. The fraction of sp³-hybridized carbons (Fsp3) is 0.455. The monoisotopic (exact) mass is 274 g/mol. The maximum atomic E-state index is 14.4. The number of hydrogen-bond donors (Lipinski definition) is 0. The van der Waals surface area contributed by atoms with Gasteiger partial charge in [-0.3, -0.25) is 0 Å². The van der Waals surface area contributed by atoms with Crippen LogP contribution in [-0.4, -0.2) is 11.5 Å². The molecule has 1 aromatic rings. The first-order chi connectivity index (χ1) is 6.71. The number of thioether (sulfide) groups is 1. The van der Waals surface area contributed by atoms with E-state index in [0.717, 1.165) is 22.2 Å². The Morgan fingerprint density at radius 1 is 1.29 bits per heavy atom. The van der Waals surface area contributed by atoms with E-state index < -0.39 is 5.67 Å². The summed E-state index contributed by atoms with van der Waals surface area (Å²) in [5.41, 5.74) is -0.267. The molecule has 14 heavy (non-hydrogen) atoms. The number of hydrogen-bond acceptors (Lipinski definition) is 1. The van der Waals surface area contributed by atoms with Crippen LogP contribution in [0.1, 0.15) is 18.4 Å². The highest BCUT2D eigenvalue weighted by molar-refractivity contribution is 9.10. The van der Waals surface area contributed by atoms with Crippen molar-refractivity contribution in [2.24, 2.45) is 0 Å². The zero-order valence-corrected chi connectivity index (χ0v) is 10.2. The van der Waals surface area contributed by atoms with Crippen LogP contribution in [0.5, 0.6) is 0 Å². The highest BCUT2D eigenvalue weighted by Gasteiger charge is 2.33. The van der Waals surface area contributed by atoms with Crippen LogP contribution in [0.2, 0.25) is 0 Å². The molecule has 1 saturated heterocycles. The fourth-order valence-electron chi connectivity index (χ4n) is 1.74. The highest BCUT2D eigenvalue weighted by Crippen LogP contribution is 2.39. The SMILES string of the molecule is FC1(c2ccc(Br)cc2)CCCSC1. The Balaban J connectivity index is 2.23.